The van der Waals surface area contributed by atoms with Crippen molar-refractivity contribution in [3.8, 4) is 12.3 Å². The van der Waals surface area contributed by atoms with Crippen molar-refractivity contribution in [1.29, 1.82) is 0 Å². The third kappa shape index (κ3) is 4.01. The van der Waals surface area contributed by atoms with Crippen LogP contribution in [0.3, 0.4) is 0 Å². The molecule has 120 valence electrons. The lowest BCUT2D eigenvalue weighted by Gasteiger charge is -2.20. The summed E-state index contributed by atoms with van der Waals surface area (Å²) in [6.45, 7) is 4.36. The molecule has 1 saturated heterocycles. The molecule has 1 aromatic heterocycles. The molecule has 0 atom stereocenters. The first-order valence-corrected chi connectivity index (χ1v) is 8.61. The van der Waals surface area contributed by atoms with E-state index >= 15 is 0 Å². The Kier molecular flexibility index (Phi) is 5.11. The Morgan fingerprint density at radius 1 is 1.30 bits per heavy atom. The molecule has 6 heteroatoms. The molecule has 3 rings (SSSR count). The number of nitrogens with one attached hydrogen (secondary N) is 1. The fourth-order valence-electron chi connectivity index (χ4n) is 2.72. The largest absolute Gasteiger partial charge is 0.347 e. The van der Waals surface area contributed by atoms with Gasteiger partial charge >= 0.3 is 0 Å². The number of rotatable bonds is 4. The quantitative estimate of drug-likeness (QED) is 0.866. The van der Waals surface area contributed by atoms with Gasteiger partial charge in [0.1, 0.15) is 0 Å². The van der Waals surface area contributed by atoms with E-state index in [1.165, 1.54) is 4.70 Å². The highest BCUT2D eigenvalue weighted by Gasteiger charge is 2.19. The van der Waals surface area contributed by atoms with Crippen LogP contribution in [-0.4, -0.2) is 55.1 Å². The molecule has 1 aliphatic heterocycles. The van der Waals surface area contributed by atoms with E-state index in [1.54, 1.807) is 11.3 Å². The Bertz CT molecular complexity index is 688. The third-order valence-electron chi connectivity index (χ3n) is 3.90. The summed E-state index contributed by atoms with van der Waals surface area (Å²) in [6, 6.07) is 8.22. The number of para-hydroxylation sites is 1. The van der Waals surface area contributed by atoms with E-state index in [-0.39, 0.29) is 5.91 Å². The maximum absolute atomic E-state index is 11.8. The number of anilines is 1. The molecule has 2 aromatic rings. The number of carbonyl (C=O) groups is 1. The second kappa shape index (κ2) is 7.44. The first-order valence-electron chi connectivity index (χ1n) is 7.79. The molecule has 0 saturated carbocycles. The average Bonchev–Trinajstić information content (AvgIpc) is 2.86. The predicted molar refractivity (Wildman–Crippen MR) is 94.7 cm³/mol. The Morgan fingerprint density at radius 2 is 2.17 bits per heavy atom. The number of aromatic nitrogens is 1. The lowest BCUT2D eigenvalue weighted by Crippen LogP contribution is -2.39. The van der Waals surface area contributed by atoms with Gasteiger partial charge in [-0.2, -0.15) is 0 Å². The van der Waals surface area contributed by atoms with Crippen LogP contribution in [0.15, 0.2) is 24.3 Å². The molecule has 1 amide bonds. The van der Waals surface area contributed by atoms with Crippen LogP contribution < -0.4 is 10.2 Å². The standard InChI is InChI=1S/C17H20N4OS/c1-2-8-18-16(22)13-20-9-5-10-21(12-11-20)17-19-14-6-3-4-7-15(14)23-17/h1,3-4,6-7H,5,8-13H2,(H,18,22). The van der Waals surface area contributed by atoms with E-state index in [1.807, 2.05) is 12.1 Å². The minimum absolute atomic E-state index is 0.00335. The van der Waals surface area contributed by atoms with Crippen LogP contribution in [0.2, 0.25) is 0 Å². The van der Waals surface area contributed by atoms with Crippen molar-refractivity contribution >= 4 is 32.6 Å². The molecule has 1 fully saturated rings. The normalized spacial score (nSPS) is 16.0. The van der Waals surface area contributed by atoms with Gasteiger partial charge in [-0.1, -0.05) is 29.4 Å². The smallest absolute Gasteiger partial charge is 0.234 e. The van der Waals surface area contributed by atoms with Crippen LogP contribution >= 0.6 is 11.3 Å². The molecule has 1 aromatic carbocycles. The van der Waals surface area contributed by atoms with Crippen molar-refractivity contribution in [3.63, 3.8) is 0 Å². The Morgan fingerprint density at radius 3 is 3.00 bits per heavy atom. The van der Waals surface area contributed by atoms with Crippen molar-refractivity contribution in [2.75, 3.05) is 44.2 Å². The Labute approximate surface area is 140 Å². The molecule has 0 radical (unpaired) electrons. The molecular formula is C17H20N4OS. The second-order valence-corrected chi connectivity index (χ2v) is 6.57. The minimum Gasteiger partial charge on any atom is -0.347 e. The number of benzene rings is 1. The lowest BCUT2D eigenvalue weighted by molar-refractivity contribution is -0.121. The number of carbonyl (C=O) groups excluding carboxylic acids is 1. The van der Waals surface area contributed by atoms with Crippen LogP contribution in [0, 0.1) is 12.3 Å². The van der Waals surface area contributed by atoms with E-state index in [0.717, 1.165) is 43.2 Å². The van der Waals surface area contributed by atoms with Gasteiger partial charge in [0.15, 0.2) is 5.13 Å². The summed E-state index contributed by atoms with van der Waals surface area (Å²) < 4.78 is 1.22. The van der Waals surface area contributed by atoms with Crippen molar-refractivity contribution in [1.82, 2.24) is 15.2 Å². The molecule has 23 heavy (non-hydrogen) atoms. The molecule has 0 aliphatic carbocycles. The number of hydrogen-bond donors (Lipinski definition) is 1. The highest BCUT2D eigenvalue weighted by Crippen LogP contribution is 2.29. The van der Waals surface area contributed by atoms with Gasteiger partial charge in [-0.15, -0.1) is 6.42 Å². The molecule has 5 nitrogen and oxygen atoms in total. The number of amides is 1. The van der Waals surface area contributed by atoms with Crippen LogP contribution in [0.1, 0.15) is 6.42 Å². The van der Waals surface area contributed by atoms with E-state index in [4.69, 9.17) is 11.4 Å². The van der Waals surface area contributed by atoms with Crippen molar-refractivity contribution in [2.24, 2.45) is 0 Å². The number of fused-ring (bicyclic) bond motifs is 1. The maximum Gasteiger partial charge on any atom is 0.234 e. The Balaban J connectivity index is 1.60. The summed E-state index contributed by atoms with van der Waals surface area (Å²) in [5.41, 5.74) is 1.06. The fourth-order valence-corrected chi connectivity index (χ4v) is 3.74. The number of nitrogens with zero attached hydrogens (tertiary/aromatic N) is 3. The fraction of sp³-hybridized carbons (Fsp3) is 0.412. The molecule has 1 N–H and O–H groups in total. The van der Waals surface area contributed by atoms with Gasteiger partial charge < -0.3 is 10.2 Å². The van der Waals surface area contributed by atoms with Crippen molar-refractivity contribution in [2.45, 2.75) is 6.42 Å². The summed E-state index contributed by atoms with van der Waals surface area (Å²) >= 11 is 1.73. The Hall–Kier alpha value is -2.10. The predicted octanol–water partition coefficient (Wildman–Crippen LogP) is 1.56. The first-order chi connectivity index (χ1) is 11.3. The topological polar surface area (TPSA) is 48.5 Å². The average molecular weight is 328 g/mol. The first kappa shape index (κ1) is 15.8. The van der Waals surface area contributed by atoms with E-state index < -0.39 is 0 Å². The minimum atomic E-state index is -0.00335. The van der Waals surface area contributed by atoms with Gasteiger partial charge in [0.05, 0.1) is 23.3 Å². The highest BCUT2D eigenvalue weighted by molar-refractivity contribution is 7.22. The molecular weight excluding hydrogens is 308 g/mol. The molecule has 2 heterocycles. The zero-order chi connectivity index (χ0) is 16.1. The zero-order valence-corrected chi connectivity index (χ0v) is 13.8. The number of hydrogen-bond acceptors (Lipinski definition) is 5. The lowest BCUT2D eigenvalue weighted by atomic mass is 10.3. The summed E-state index contributed by atoms with van der Waals surface area (Å²) in [5.74, 6) is 2.42. The summed E-state index contributed by atoms with van der Waals surface area (Å²) in [6.07, 6.45) is 6.18. The summed E-state index contributed by atoms with van der Waals surface area (Å²) in [7, 11) is 0. The summed E-state index contributed by atoms with van der Waals surface area (Å²) in [5, 5.41) is 3.79. The molecule has 0 bridgehead atoms. The monoisotopic (exact) mass is 328 g/mol. The van der Waals surface area contributed by atoms with Crippen LogP contribution in [-0.2, 0) is 4.79 Å². The zero-order valence-electron chi connectivity index (χ0n) is 13.0. The van der Waals surface area contributed by atoms with Crippen LogP contribution in [0.4, 0.5) is 5.13 Å². The van der Waals surface area contributed by atoms with Gasteiger partial charge in [-0.25, -0.2) is 4.98 Å². The van der Waals surface area contributed by atoms with Gasteiger partial charge in [0.2, 0.25) is 5.91 Å². The summed E-state index contributed by atoms with van der Waals surface area (Å²) in [4.78, 5) is 21.0. The second-order valence-electron chi connectivity index (χ2n) is 5.56. The van der Waals surface area contributed by atoms with E-state index in [0.29, 0.717) is 13.1 Å². The number of thiazole rings is 1. The molecule has 0 spiro atoms. The highest BCUT2D eigenvalue weighted by atomic mass is 32.1. The van der Waals surface area contributed by atoms with Gasteiger partial charge in [0, 0.05) is 26.2 Å². The number of terminal acetylenes is 1. The third-order valence-corrected chi connectivity index (χ3v) is 4.99. The maximum atomic E-state index is 11.8. The van der Waals surface area contributed by atoms with Gasteiger partial charge in [0.25, 0.3) is 0 Å². The molecule has 0 unspecified atom stereocenters. The van der Waals surface area contributed by atoms with Crippen molar-refractivity contribution in [3.05, 3.63) is 24.3 Å². The van der Waals surface area contributed by atoms with E-state index in [9.17, 15) is 4.79 Å². The van der Waals surface area contributed by atoms with Crippen molar-refractivity contribution < 1.29 is 4.79 Å². The SMILES string of the molecule is C#CCNC(=O)CN1CCCN(c2nc3ccccc3s2)CC1. The van der Waals surface area contributed by atoms with Gasteiger partial charge in [-0.05, 0) is 18.6 Å². The van der Waals surface area contributed by atoms with Gasteiger partial charge in [-0.3, -0.25) is 9.69 Å². The van der Waals surface area contributed by atoms with Crippen LogP contribution in [0.25, 0.3) is 10.2 Å². The molecule has 1 aliphatic rings. The van der Waals surface area contributed by atoms with Crippen LogP contribution in [0.5, 0.6) is 0 Å². The van der Waals surface area contributed by atoms with E-state index in [2.05, 4.69) is 33.2 Å².